The Balaban J connectivity index is 2.52. The van der Waals surface area contributed by atoms with E-state index >= 15 is 0 Å². The monoisotopic (exact) mass is 405 g/mol. The summed E-state index contributed by atoms with van der Waals surface area (Å²) in [5.41, 5.74) is 1.17. The molecule has 0 radical (unpaired) electrons. The van der Waals surface area contributed by atoms with Gasteiger partial charge in [-0.05, 0) is 22.6 Å². The summed E-state index contributed by atoms with van der Waals surface area (Å²) in [6.07, 6.45) is 0. The molecule has 0 amide bonds. The molecule has 0 spiro atoms. The van der Waals surface area contributed by atoms with Crippen LogP contribution in [0.3, 0.4) is 0 Å². The van der Waals surface area contributed by atoms with Crippen molar-refractivity contribution in [3.63, 3.8) is 0 Å². The van der Waals surface area contributed by atoms with E-state index in [4.69, 9.17) is 16.3 Å². The SMILES string of the molecule is COCc1nc(-c2cccc([N+](=O)[O-])c2)nc(Cl)c1I. The summed E-state index contributed by atoms with van der Waals surface area (Å²) in [7, 11) is 1.55. The standard InChI is InChI=1S/C12H9ClIN3O3/c1-20-6-9-10(14)11(13)16-12(15-9)7-3-2-4-8(5-7)17(18)19/h2-5H,6H2,1H3. The van der Waals surface area contributed by atoms with Crippen molar-refractivity contribution in [2.24, 2.45) is 0 Å². The first-order valence-electron chi connectivity index (χ1n) is 5.48. The van der Waals surface area contributed by atoms with Crippen molar-refractivity contribution in [3.8, 4) is 11.4 Å². The number of non-ortho nitro benzene ring substituents is 1. The van der Waals surface area contributed by atoms with Gasteiger partial charge in [0.1, 0.15) is 5.15 Å². The van der Waals surface area contributed by atoms with Gasteiger partial charge in [-0.15, -0.1) is 0 Å². The van der Waals surface area contributed by atoms with Gasteiger partial charge in [0.05, 0.1) is 20.8 Å². The molecule has 0 fully saturated rings. The summed E-state index contributed by atoms with van der Waals surface area (Å²) in [5, 5.41) is 11.1. The van der Waals surface area contributed by atoms with Gasteiger partial charge in [-0.25, -0.2) is 9.97 Å². The summed E-state index contributed by atoms with van der Waals surface area (Å²) < 4.78 is 5.76. The molecular formula is C12H9ClIN3O3. The Hall–Kier alpha value is -1.32. The molecule has 0 atom stereocenters. The van der Waals surface area contributed by atoms with Crippen LogP contribution in [-0.4, -0.2) is 22.0 Å². The van der Waals surface area contributed by atoms with Crippen LogP contribution < -0.4 is 0 Å². The van der Waals surface area contributed by atoms with Crippen LogP contribution in [0.15, 0.2) is 24.3 Å². The molecule has 1 heterocycles. The fourth-order valence-corrected chi connectivity index (χ4v) is 2.17. The number of benzene rings is 1. The highest BCUT2D eigenvalue weighted by molar-refractivity contribution is 14.1. The Morgan fingerprint density at radius 3 is 2.85 bits per heavy atom. The minimum atomic E-state index is -0.464. The molecule has 20 heavy (non-hydrogen) atoms. The van der Waals surface area contributed by atoms with Crippen LogP contribution in [0, 0.1) is 13.7 Å². The number of nitro groups is 1. The molecule has 0 bridgehead atoms. The van der Waals surface area contributed by atoms with Crippen molar-refractivity contribution in [3.05, 3.63) is 48.8 Å². The average molecular weight is 406 g/mol. The van der Waals surface area contributed by atoms with E-state index < -0.39 is 4.92 Å². The van der Waals surface area contributed by atoms with Gasteiger partial charge in [0.15, 0.2) is 5.82 Å². The number of nitro benzene ring substituents is 1. The first-order chi connectivity index (χ1) is 9.52. The predicted molar refractivity (Wildman–Crippen MR) is 82.6 cm³/mol. The second-order valence-electron chi connectivity index (χ2n) is 3.84. The molecule has 1 aromatic carbocycles. The van der Waals surface area contributed by atoms with Gasteiger partial charge in [0.2, 0.25) is 0 Å². The number of hydrogen-bond acceptors (Lipinski definition) is 5. The van der Waals surface area contributed by atoms with Gasteiger partial charge >= 0.3 is 0 Å². The van der Waals surface area contributed by atoms with Crippen LogP contribution in [-0.2, 0) is 11.3 Å². The molecule has 0 aliphatic carbocycles. The van der Waals surface area contributed by atoms with Gasteiger partial charge in [0.25, 0.3) is 5.69 Å². The minimum absolute atomic E-state index is 0.0194. The fourth-order valence-electron chi connectivity index (χ4n) is 1.58. The number of aromatic nitrogens is 2. The molecule has 0 aliphatic rings. The zero-order valence-corrected chi connectivity index (χ0v) is 13.3. The normalized spacial score (nSPS) is 10.6. The van der Waals surface area contributed by atoms with Crippen molar-refractivity contribution >= 4 is 39.9 Å². The van der Waals surface area contributed by atoms with Crippen LogP contribution in [0.4, 0.5) is 5.69 Å². The molecule has 6 nitrogen and oxygen atoms in total. The molecule has 0 saturated carbocycles. The van der Waals surface area contributed by atoms with E-state index in [2.05, 4.69) is 9.97 Å². The molecule has 2 rings (SSSR count). The quantitative estimate of drug-likeness (QED) is 0.337. The summed E-state index contributed by atoms with van der Waals surface area (Å²) in [5.74, 6) is 0.339. The van der Waals surface area contributed by atoms with Crippen LogP contribution in [0.1, 0.15) is 5.69 Å². The number of hydrogen-bond donors (Lipinski definition) is 0. The largest absolute Gasteiger partial charge is 0.378 e. The third-order valence-corrected chi connectivity index (χ3v) is 4.20. The molecule has 8 heteroatoms. The first-order valence-corrected chi connectivity index (χ1v) is 6.94. The van der Waals surface area contributed by atoms with Crippen LogP contribution in [0.5, 0.6) is 0 Å². The van der Waals surface area contributed by atoms with Gasteiger partial charge in [-0.2, -0.15) is 0 Å². The molecule has 104 valence electrons. The third kappa shape index (κ3) is 3.22. The lowest BCUT2D eigenvalue weighted by Gasteiger charge is -2.07. The first kappa shape index (κ1) is 15.1. The Morgan fingerprint density at radius 2 is 2.20 bits per heavy atom. The van der Waals surface area contributed by atoms with Crippen LogP contribution in [0.25, 0.3) is 11.4 Å². The number of ether oxygens (including phenoxy) is 1. The van der Waals surface area contributed by atoms with Gasteiger partial charge < -0.3 is 4.74 Å². The highest BCUT2D eigenvalue weighted by atomic mass is 127. The summed E-state index contributed by atoms with van der Waals surface area (Å²) in [6.45, 7) is 0.294. The second kappa shape index (κ2) is 6.42. The topological polar surface area (TPSA) is 78.2 Å². The lowest BCUT2D eigenvalue weighted by Crippen LogP contribution is -2.02. The highest BCUT2D eigenvalue weighted by Crippen LogP contribution is 2.26. The van der Waals surface area contributed by atoms with Crippen molar-refractivity contribution < 1.29 is 9.66 Å². The van der Waals surface area contributed by atoms with Crippen molar-refractivity contribution in [2.75, 3.05) is 7.11 Å². The zero-order valence-electron chi connectivity index (χ0n) is 10.3. The van der Waals surface area contributed by atoms with Gasteiger partial charge in [-0.3, -0.25) is 10.1 Å². The Labute approximate surface area is 133 Å². The van der Waals surface area contributed by atoms with E-state index in [1.54, 1.807) is 19.2 Å². The summed E-state index contributed by atoms with van der Waals surface area (Å²) in [6, 6.07) is 6.10. The van der Waals surface area contributed by atoms with E-state index in [-0.39, 0.29) is 5.69 Å². The third-order valence-electron chi connectivity index (χ3n) is 2.48. The molecule has 0 N–H and O–H groups in total. The van der Waals surface area contributed by atoms with E-state index in [1.165, 1.54) is 12.1 Å². The Kier molecular flexibility index (Phi) is 4.84. The van der Waals surface area contributed by atoms with E-state index in [0.29, 0.717) is 32.4 Å². The molecule has 0 unspecified atom stereocenters. The van der Waals surface area contributed by atoms with Crippen molar-refractivity contribution in [1.29, 1.82) is 0 Å². The van der Waals surface area contributed by atoms with E-state index in [9.17, 15) is 10.1 Å². The fraction of sp³-hybridized carbons (Fsp3) is 0.167. The lowest BCUT2D eigenvalue weighted by atomic mass is 10.2. The maximum absolute atomic E-state index is 10.8. The van der Waals surface area contributed by atoms with Gasteiger partial charge in [-0.1, -0.05) is 23.7 Å². The highest BCUT2D eigenvalue weighted by Gasteiger charge is 2.14. The van der Waals surface area contributed by atoms with Crippen molar-refractivity contribution in [2.45, 2.75) is 6.61 Å². The minimum Gasteiger partial charge on any atom is -0.378 e. The molecule has 0 aliphatic heterocycles. The van der Waals surface area contributed by atoms with Gasteiger partial charge in [0, 0.05) is 24.8 Å². The molecule has 2 aromatic rings. The Bertz CT molecular complexity index is 666. The predicted octanol–water partition coefficient (Wildman–Crippen LogP) is 3.46. The maximum atomic E-state index is 10.8. The average Bonchev–Trinajstić information content (AvgIpc) is 2.44. The molecule has 0 saturated heterocycles. The number of halogens is 2. The Morgan fingerprint density at radius 1 is 1.45 bits per heavy atom. The number of nitrogens with zero attached hydrogens (tertiary/aromatic N) is 3. The lowest BCUT2D eigenvalue weighted by molar-refractivity contribution is -0.384. The smallest absolute Gasteiger partial charge is 0.270 e. The van der Waals surface area contributed by atoms with Crippen molar-refractivity contribution in [1.82, 2.24) is 9.97 Å². The number of rotatable bonds is 4. The van der Waals surface area contributed by atoms with E-state index in [1.807, 2.05) is 22.6 Å². The molecule has 1 aromatic heterocycles. The van der Waals surface area contributed by atoms with Crippen LogP contribution >= 0.6 is 34.2 Å². The number of methoxy groups -OCH3 is 1. The second-order valence-corrected chi connectivity index (χ2v) is 5.28. The summed E-state index contributed by atoms with van der Waals surface area (Å²) in [4.78, 5) is 18.8. The summed E-state index contributed by atoms with van der Waals surface area (Å²) >= 11 is 8.10. The molecular weight excluding hydrogens is 397 g/mol. The zero-order chi connectivity index (χ0) is 14.7. The maximum Gasteiger partial charge on any atom is 0.270 e. The van der Waals surface area contributed by atoms with Crippen LogP contribution in [0.2, 0.25) is 5.15 Å². The van der Waals surface area contributed by atoms with E-state index in [0.717, 1.165) is 0 Å².